The van der Waals surface area contributed by atoms with Crippen LogP contribution in [0.4, 0.5) is 21.9 Å². The van der Waals surface area contributed by atoms with Gasteiger partial charge in [0.25, 0.3) is 17.7 Å². The quantitative estimate of drug-likeness (QED) is 0.0199. The summed E-state index contributed by atoms with van der Waals surface area (Å²) in [6.45, 7) is 4.38. The molecule has 0 radical (unpaired) electrons. The zero-order chi connectivity index (χ0) is 51.8. The number of rotatable bonds is 28. The zero-order valence-corrected chi connectivity index (χ0v) is 43.2. The van der Waals surface area contributed by atoms with Gasteiger partial charge in [-0.25, -0.2) is 4.79 Å². The van der Waals surface area contributed by atoms with Gasteiger partial charge in [0.1, 0.15) is 18.1 Å². The molecular formula is C57H73N7O8S. The van der Waals surface area contributed by atoms with Gasteiger partial charge in [0.2, 0.25) is 0 Å². The number of carboxylic acids is 1. The number of unbranched alkanes of at least 4 members (excludes halogenated alkanes) is 4. The maximum atomic E-state index is 14.8. The van der Waals surface area contributed by atoms with Crippen LogP contribution >= 0.6 is 11.3 Å². The van der Waals surface area contributed by atoms with Crippen molar-refractivity contribution in [1.82, 2.24) is 16.0 Å². The van der Waals surface area contributed by atoms with Gasteiger partial charge in [-0.3, -0.25) is 19.2 Å². The van der Waals surface area contributed by atoms with Crippen LogP contribution in [0.5, 0.6) is 11.5 Å². The number of nitrogens with two attached hydrogens (primary N) is 1. The van der Waals surface area contributed by atoms with Crippen LogP contribution < -0.4 is 47.1 Å². The lowest BCUT2D eigenvalue weighted by Crippen LogP contribution is -2.40. The molecule has 4 aromatic rings. The molecule has 5 amide bonds. The Morgan fingerprint density at radius 3 is 2.36 bits per heavy atom. The van der Waals surface area contributed by atoms with Crippen LogP contribution in [0.2, 0.25) is 0 Å². The number of nitrogens with one attached hydrogen (secondary N) is 6. The molecule has 15 nitrogen and oxygen atoms in total. The van der Waals surface area contributed by atoms with Gasteiger partial charge < -0.3 is 52.2 Å². The summed E-state index contributed by atoms with van der Waals surface area (Å²) in [6, 6.07) is 13.8. The van der Waals surface area contributed by atoms with Crippen molar-refractivity contribution >= 4 is 64.2 Å². The fraction of sp³-hybridized carbons (Fsp3) is 0.456. The molecule has 2 fully saturated rings. The number of benzene rings is 3. The Morgan fingerprint density at radius 1 is 0.822 bits per heavy atom. The number of anilines is 3. The van der Waals surface area contributed by atoms with Gasteiger partial charge in [-0.05, 0) is 146 Å². The molecule has 9 N–H and O–H groups in total. The van der Waals surface area contributed by atoms with E-state index in [-0.39, 0.29) is 78.4 Å². The molecule has 0 bridgehead atoms. The maximum absolute atomic E-state index is 14.8. The van der Waals surface area contributed by atoms with Crippen molar-refractivity contribution in [3.05, 3.63) is 104 Å². The summed E-state index contributed by atoms with van der Waals surface area (Å²) in [5.74, 6) is 5.09. The van der Waals surface area contributed by atoms with E-state index in [1.807, 2.05) is 29.0 Å². The summed E-state index contributed by atoms with van der Waals surface area (Å²) in [6.07, 6.45) is 18.6. The van der Waals surface area contributed by atoms with Crippen LogP contribution in [0, 0.1) is 23.7 Å². The molecule has 0 saturated heterocycles. The number of aryl methyl sites for hydroxylation is 1. The highest BCUT2D eigenvalue weighted by atomic mass is 32.1. The number of aliphatic carboxylic acids is 1. The Morgan fingerprint density at radius 2 is 1.62 bits per heavy atom. The number of hydrogen-bond acceptors (Lipinski definition) is 10. The number of urea groups is 1. The minimum Gasteiger partial charge on any atom is -0.495 e. The molecule has 73 heavy (non-hydrogen) atoms. The fourth-order valence-corrected chi connectivity index (χ4v) is 9.16. The molecule has 6 rings (SSSR count). The van der Waals surface area contributed by atoms with Crippen LogP contribution in [-0.2, 0) is 17.8 Å². The van der Waals surface area contributed by atoms with Gasteiger partial charge in [-0.15, -0.1) is 0 Å². The Balaban J connectivity index is 1.29. The van der Waals surface area contributed by atoms with Crippen molar-refractivity contribution in [3.63, 3.8) is 0 Å². The fourth-order valence-electron chi connectivity index (χ4n) is 8.50. The monoisotopic (exact) mass is 1020 g/mol. The third kappa shape index (κ3) is 18.6. The number of carboxylic acid groups (broad SMARTS) is 1. The molecule has 2 saturated carbocycles. The predicted molar refractivity (Wildman–Crippen MR) is 291 cm³/mol. The molecule has 2 aliphatic carbocycles. The van der Waals surface area contributed by atoms with E-state index in [1.54, 1.807) is 12.1 Å². The van der Waals surface area contributed by atoms with Gasteiger partial charge in [-0.1, -0.05) is 69.4 Å². The summed E-state index contributed by atoms with van der Waals surface area (Å²) in [4.78, 5) is 66.5. The van der Waals surface area contributed by atoms with Crippen LogP contribution in [0.15, 0.2) is 65.4 Å². The van der Waals surface area contributed by atoms with Gasteiger partial charge in [0.15, 0.2) is 0 Å². The van der Waals surface area contributed by atoms with Gasteiger partial charge >= 0.3 is 12.0 Å². The first-order chi connectivity index (χ1) is 35.5. The maximum Gasteiger partial charge on any atom is 0.314 e. The van der Waals surface area contributed by atoms with E-state index in [0.29, 0.717) is 61.0 Å². The molecule has 2 aliphatic rings. The Bertz CT molecular complexity index is 2580. The van der Waals surface area contributed by atoms with Crippen molar-refractivity contribution in [2.24, 2.45) is 17.6 Å². The highest BCUT2D eigenvalue weighted by molar-refractivity contribution is 7.07. The molecule has 390 valence electrons. The van der Waals surface area contributed by atoms with Crippen LogP contribution in [0.25, 0.3) is 6.08 Å². The Hall–Kier alpha value is -6.83. The van der Waals surface area contributed by atoms with Gasteiger partial charge in [-0.2, -0.15) is 11.3 Å². The van der Waals surface area contributed by atoms with E-state index in [0.717, 1.165) is 49.0 Å². The topological polar surface area (TPSA) is 222 Å². The second-order valence-electron chi connectivity index (χ2n) is 18.8. The van der Waals surface area contributed by atoms with E-state index in [9.17, 15) is 29.1 Å². The molecule has 0 atom stereocenters. The smallest absolute Gasteiger partial charge is 0.314 e. The Labute approximate surface area is 434 Å². The van der Waals surface area contributed by atoms with Crippen molar-refractivity contribution in [2.45, 2.75) is 116 Å². The molecule has 1 heterocycles. The highest BCUT2D eigenvalue weighted by Crippen LogP contribution is 2.36. The number of methoxy groups -OCH3 is 1. The minimum absolute atomic E-state index is 0.00595. The molecule has 0 unspecified atom stereocenters. The van der Waals surface area contributed by atoms with Crippen LogP contribution in [0.1, 0.15) is 157 Å². The lowest BCUT2D eigenvalue weighted by molar-refractivity contribution is -0.136. The standard InChI is InChI=1S/C57H73N7O8S/c1-3-4-5-13-25-60-57(70)61-27-26-59-54(67)46-31-44(17-9-10-18-52(65)66)53(51(34-46)72-37-42-23-28-73-38-42)64-56(69)48-35-50(71-2)49(33-43(48)16-11-12-24-58)63-55(68)45-29-41(22-19-39-14-7-6-8-15-39)30-47(32-45)62-36-40-20-21-40/h19,22-23,28-35,38-40,62H,3-8,10-16,18,20-21,24-27,36-37,58H2,1-2H3,(H,59,67)(H,63,68)(H,64,69)(H,65,66)(H2,60,61,70)/b22-19+. The lowest BCUT2D eigenvalue weighted by atomic mass is 9.88. The largest absolute Gasteiger partial charge is 0.495 e. The number of carbonyl (C=O) groups excluding carboxylic acids is 4. The lowest BCUT2D eigenvalue weighted by Gasteiger charge is -2.19. The molecule has 0 aliphatic heterocycles. The summed E-state index contributed by atoms with van der Waals surface area (Å²) in [7, 11) is 1.47. The van der Waals surface area contributed by atoms with E-state index in [4.69, 9.17) is 15.2 Å². The molecule has 3 aromatic carbocycles. The van der Waals surface area contributed by atoms with Gasteiger partial charge in [0.05, 0.1) is 30.5 Å². The summed E-state index contributed by atoms with van der Waals surface area (Å²) in [5.41, 5.74) is 10.9. The summed E-state index contributed by atoms with van der Waals surface area (Å²) in [5, 5.41) is 31.3. The van der Waals surface area contributed by atoms with E-state index in [2.05, 4.69) is 68.9 Å². The zero-order valence-electron chi connectivity index (χ0n) is 42.4. The average Bonchev–Trinajstić information content (AvgIpc) is 4.08. The van der Waals surface area contributed by atoms with Crippen molar-refractivity contribution < 1.29 is 38.6 Å². The molecule has 16 heteroatoms. The second-order valence-corrected chi connectivity index (χ2v) is 19.6. The normalized spacial score (nSPS) is 13.4. The highest BCUT2D eigenvalue weighted by Gasteiger charge is 2.24. The van der Waals surface area contributed by atoms with E-state index in [1.165, 1.54) is 75.5 Å². The molecule has 0 spiro atoms. The average molecular weight is 1020 g/mol. The number of thiophene rings is 1. The number of amides is 5. The number of allylic oxidation sites excluding steroid dienone is 1. The number of hydrogen-bond donors (Lipinski definition) is 8. The first kappa shape index (κ1) is 55.5. The number of carbonyl (C=O) groups is 5. The first-order valence-corrected chi connectivity index (χ1v) is 26.9. The number of ether oxygens (including phenoxy) is 2. The summed E-state index contributed by atoms with van der Waals surface area (Å²) >= 11 is 1.49. The van der Waals surface area contributed by atoms with Crippen molar-refractivity contribution in [2.75, 3.05) is 55.8 Å². The van der Waals surface area contributed by atoms with Crippen LogP contribution in [0.3, 0.4) is 0 Å². The minimum atomic E-state index is -1.02. The third-order valence-corrected chi connectivity index (χ3v) is 13.5. The molecule has 1 aromatic heterocycles. The third-order valence-electron chi connectivity index (χ3n) is 12.8. The Kier molecular flexibility index (Phi) is 22.5. The van der Waals surface area contributed by atoms with E-state index < -0.39 is 17.8 Å². The SMILES string of the molecule is CCCCCCNC(=O)NCCNC(=O)c1cc(C#CCCC(=O)O)c(NC(=O)c2cc(OC)c(NC(=O)c3cc(/C=C/C4CCCCC4)cc(NCC4CC4)c3)cc2CCCCN)c(OCc2ccsc2)c1. The predicted octanol–water partition coefficient (Wildman–Crippen LogP) is 10.4. The van der Waals surface area contributed by atoms with Crippen molar-refractivity contribution in [3.8, 4) is 23.3 Å². The summed E-state index contributed by atoms with van der Waals surface area (Å²) < 4.78 is 12.2. The van der Waals surface area contributed by atoms with Crippen LogP contribution in [-0.4, -0.2) is 74.7 Å². The van der Waals surface area contributed by atoms with Crippen molar-refractivity contribution in [1.29, 1.82) is 0 Å². The van der Waals surface area contributed by atoms with E-state index >= 15 is 0 Å². The molecular weight excluding hydrogens is 943 g/mol. The first-order valence-electron chi connectivity index (χ1n) is 26.0. The van der Waals surface area contributed by atoms with Gasteiger partial charge in [0, 0.05) is 55.0 Å². The second kappa shape index (κ2) is 29.6.